The van der Waals surface area contributed by atoms with Crippen LogP contribution in [0.4, 0.5) is 0 Å². The lowest BCUT2D eigenvalue weighted by atomic mass is 10.2. The van der Waals surface area contributed by atoms with E-state index in [1.165, 1.54) is 5.56 Å². The maximum atomic E-state index is 5.76. The van der Waals surface area contributed by atoms with Crippen LogP contribution in [0.25, 0.3) is 0 Å². The summed E-state index contributed by atoms with van der Waals surface area (Å²) in [4.78, 5) is 0. The maximum Gasteiger partial charge on any atom is 0.128 e. The lowest BCUT2D eigenvalue weighted by molar-refractivity contribution is 0.482. The van der Waals surface area contributed by atoms with E-state index in [9.17, 15) is 0 Å². The van der Waals surface area contributed by atoms with Crippen molar-refractivity contribution in [1.82, 2.24) is 0 Å². The van der Waals surface area contributed by atoms with Crippen LogP contribution in [-0.2, 0) is 6.42 Å². The van der Waals surface area contributed by atoms with E-state index < -0.39 is 0 Å². The number of hydrogen-bond donors (Lipinski definition) is 0. The molecule has 0 fully saturated rings. The lowest BCUT2D eigenvalue weighted by Gasteiger charge is -2.08. The van der Waals surface area contributed by atoms with E-state index in [4.69, 9.17) is 4.74 Å². The van der Waals surface area contributed by atoms with Crippen LogP contribution in [-0.4, -0.2) is 0 Å². The van der Waals surface area contributed by atoms with Crippen LogP contribution in [0.5, 0.6) is 11.5 Å². The summed E-state index contributed by atoms with van der Waals surface area (Å²) >= 11 is 6.94. The third kappa shape index (κ3) is 3.33. The second-order valence-corrected chi connectivity index (χ2v) is 5.43. The van der Waals surface area contributed by atoms with Crippen LogP contribution in [0.3, 0.4) is 0 Å². The van der Waals surface area contributed by atoms with Gasteiger partial charge in [-0.1, -0.05) is 44.8 Å². The molecule has 0 saturated carbocycles. The Bertz CT molecular complexity index is 506. The van der Waals surface area contributed by atoms with Gasteiger partial charge in [-0.2, -0.15) is 0 Å². The van der Waals surface area contributed by atoms with Gasteiger partial charge in [-0.25, -0.2) is 0 Å². The highest BCUT2D eigenvalue weighted by atomic mass is 79.9. The van der Waals surface area contributed by atoms with Crippen LogP contribution >= 0.6 is 31.9 Å². The Morgan fingerprint density at radius 2 is 1.59 bits per heavy atom. The van der Waals surface area contributed by atoms with Gasteiger partial charge in [0.1, 0.15) is 11.5 Å². The summed E-state index contributed by atoms with van der Waals surface area (Å²) < 4.78 is 7.90. The normalized spacial score (nSPS) is 10.3. The molecule has 0 radical (unpaired) electrons. The molecule has 0 aliphatic rings. The van der Waals surface area contributed by atoms with Crippen molar-refractivity contribution < 1.29 is 4.74 Å². The van der Waals surface area contributed by atoms with Crippen LogP contribution in [0, 0.1) is 0 Å². The monoisotopic (exact) mass is 354 g/mol. The van der Waals surface area contributed by atoms with Gasteiger partial charge in [0.25, 0.3) is 0 Å². The zero-order valence-corrected chi connectivity index (χ0v) is 12.6. The highest BCUT2D eigenvalue weighted by molar-refractivity contribution is 9.10. The first-order valence-corrected chi connectivity index (χ1v) is 6.99. The number of ether oxygens (including phenoxy) is 1. The summed E-state index contributed by atoms with van der Waals surface area (Å²) in [6.45, 7) is 2.13. The van der Waals surface area contributed by atoms with E-state index in [0.717, 1.165) is 26.9 Å². The van der Waals surface area contributed by atoms with Crippen molar-refractivity contribution in [2.24, 2.45) is 0 Å². The average Bonchev–Trinajstić information content (AvgIpc) is 2.32. The van der Waals surface area contributed by atoms with Crippen molar-refractivity contribution in [2.75, 3.05) is 0 Å². The van der Waals surface area contributed by atoms with Gasteiger partial charge in [0, 0.05) is 8.95 Å². The number of rotatable bonds is 3. The molecule has 0 aromatic heterocycles. The number of benzene rings is 2. The summed E-state index contributed by atoms with van der Waals surface area (Å²) in [6, 6.07) is 13.9. The third-order valence-electron chi connectivity index (χ3n) is 2.45. The zero-order valence-electron chi connectivity index (χ0n) is 9.41. The SMILES string of the molecule is CCc1ccc(Oc2ccc(Br)cc2)cc1Br. The molecule has 0 spiro atoms. The van der Waals surface area contributed by atoms with Crippen LogP contribution in [0.2, 0.25) is 0 Å². The lowest BCUT2D eigenvalue weighted by Crippen LogP contribution is -1.87. The van der Waals surface area contributed by atoms with Crippen molar-refractivity contribution in [1.29, 1.82) is 0 Å². The molecular weight excluding hydrogens is 344 g/mol. The molecule has 88 valence electrons. The fourth-order valence-electron chi connectivity index (χ4n) is 1.52. The Morgan fingerprint density at radius 1 is 0.941 bits per heavy atom. The molecule has 0 saturated heterocycles. The molecule has 0 aliphatic carbocycles. The quantitative estimate of drug-likeness (QED) is 0.699. The summed E-state index contributed by atoms with van der Waals surface area (Å²) in [5, 5.41) is 0. The summed E-state index contributed by atoms with van der Waals surface area (Å²) in [5.74, 6) is 1.68. The molecule has 0 atom stereocenters. The molecule has 0 heterocycles. The van der Waals surface area contributed by atoms with Gasteiger partial charge in [-0.05, 0) is 48.4 Å². The van der Waals surface area contributed by atoms with E-state index >= 15 is 0 Å². The molecule has 3 heteroatoms. The molecule has 2 aromatic rings. The van der Waals surface area contributed by atoms with Crippen molar-refractivity contribution in [3.8, 4) is 11.5 Å². The second kappa shape index (κ2) is 5.69. The van der Waals surface area contributed by atoms with E-state index in [1.54, 1.807) is 0 Å². The predicted molar refractivity (Wildman–Crippen MR) is 77.7 cm³/mol. The van der Waals surface area contributed by atoms with E-state index in [1.807, 2.05) is 36.4 Å². The highest BCUT2D eigenvalue weighted by Gasteiger charge is 2.01. The summed E-state index contributed by atoms with van der Waals surface area (Å²) in [5.41, 5.74) is 1.29. The molecule has 0 amide bonds. The minimum atomic E-state index is 0.837. The molecule has 0 bridgehead atoms. The van der Waals surface area contributed by atoms with E-state index in [0.29, 0.717) is 0 Å². The van der Waals surface area contributed by atoms with Gasteiger partial charge in [0.2, 0.25) is 0 Å². The zero-order chi connectivity index (χ0) is 12.3. The largest absolute Gasteiger partial charge is 0.457 e. The Kier molecular flexibility index (Phi) is 4.24. The van der Waals surface area contributed by atoms with Gasteiger partial charge in [-0.15, -0.1) is 0 Å². The molecule has 2 rings (SSSR count). The summed E-state index contributed by atoms with van der Waals surface area (Å²) in [6.07, 6.45) is 1.01. The third-order valence-corrected chi connectivity index (χ3v) is 3.72. The number of halogens is 2. The minimum absolute atomic E-state index is 0.837. The van der Waals surface area contributed by atoms with Gasteiger partial charge < -0.3 is 4.74 Å². The van der Waals surface area contributed by atoms with Gasteiger partial charge in [-0.3, -0.25) is 0 Å². The molecular formula is C14H12Br2O. The first-order valence-electron chi connectivity index (χ1n) is 5.41. The van der Waals surface area contributed by atoms with Gasteiger partial charge in [0.15, 0.2) is 0 Å². The van der Waals surface area contributed by atoms with Crippen LogP contribution in [0.1, 0.15) is 12.5 Å². The van der Waals surface area contributed by atoms with Gasteiger partial charge in [0.05, 0.1) is 0 Å². The topological polar surface area (TPSA) is 9.23 Å². The fourth-order valence-corrected chi connectivity index (χ4v) is 2.42. The van der Waals surface area contributed by atoms with Crippen LogP contribution < -0.4 is 4.74 Å². The van der Waals surface area contributed by atoms with Crippen LogP contribution in [0.15, 0.2) is 51.4 Å². The fraction of sp³-hybridized carbons (Fsp3) is 0.143. The Balaban J connectivity index is 2.19. The molecule has 1 nitrogen and oxygen atoms in total. The van der Waals surface area contributed by atoms with Crippen molar-refractivity contribution in [3.05, 3.63) is 57.0 Å². The summed E-state index contributed by atoms with van der Waals surface area (Å²) in [7, 11) is 0. The molecule has 0 aliphatic heterocycles. The average molecular weight is 356 g/mol. The molecule has 0 unspecified atom stereocenters. The van der Waals surface area contributed by atoms with E-state index in [2.05, 4.69) is 44.8 Å². The minimum Gasteiger partial charge on any atom is -0.457 e. The van der Waals surface area contributed by atoms with Crippen molar-refractivity contribution >= 4 is 31.9 Å². The first kappa shape index (κ1) is 12.7. The molecule has 0 N–H and O–H groups in total. The van der Waals surface area contributed by atoms with Crippen molar-refractivity contribution in [3.63, 3.8) is 0 Å². The van der Waals surface area contributed by atoms with E-state index in [-0.39, 0.29) is 0 Å². The number of aryl methyl sites for hydroxylation is 1. The number of hydrogen-bond acceptors (Lipinski definition) is 1. The Hall–Kier alpha value is -0.800. The molecule has 2 aromatic carbocycles. The first-order chi connectivity index (χ1) is 8.19. The predicted octanol–water partition coefficient (Wildman–Crippen LogP) is 5.57. The Labute approximate surface area is 118 Å². The maximum absolute atomic E-state index is 5.76. The second-order valence-electron chi connectivity index (χ2n) is 3.66. The smallest absolute Gasteiger partial charge is 0.128 e. The standard InChI is InChI=1S/C14H12Br2O/c1-2-10-3-6-13(9-14(10)16)17-12-7-4-11(15)5-8-12/h3-9H,2H2,1H3. The van der Waals surface area contributed by atoms with Gasteiger partial charge >= 0.3 is 0 Å². The highest BCUT2D eigenvalue weighted by Crippen LogP contribution is 2.28. The van der Waals surface area contributed by atoms with Crippen molar-refractivity contribution in [2.45, 2.75) is 13.3 Å². The Morgan fingerprint density at radius 3 is 2.18 bits per heavy atom. The molecule has 17 heavy (non-hydrogen) atoms.